The molecule has 0 N–H and O–H groups in total. The van der Waals surface area contributed by atoms with Gasteiger partial charge in [-0.3, -0.25) is 4.68 Å². The fourth-order valence-corrected chi connectivity index (χ4v) is 3.89. The summed E-state index contributed by atoms with van der Waals surface area (Å²) in [4.78, 5) is 4.72. The minimum Gasteiger partial charge on any atom is -0.309 e. The monoisotopic (exact) mass is 294 g/mol. The summed E-state index contributed by atoms with van der Waals surface area (Å²) < 4.78 is 4.30. The molecule has 1 unspecified atom stereocenters. The quantitative estimate of drug-likeness (QED) is 0.786. The molecular weight excluding hydrogens is 272 g/mol. The standard InChI is InChI=1S/C15H23ClN4/c1-10-13-14(19(4)18-10)20(12(9-16)17-13)11-6-5-7-15(2,3)8-11/h11H,5-9H2,1-4H3. The Kier molecular flexibility index (Phi) is 3.32. The normalized spacial score (nSPS) is 22.6. The number of halogens is 1. The van der Waals surface area contributed by atoms with Crippen molar-refractivity contribution in [2.24, 2.45) is 12.5 Å². The highest BCUT2D eigenvalue weighted by atomic mass is 35.5. The van der Waals surface area contributed by atoms with Gasteiger partial charge in [-0.15, -0.1) is 11.6 Å². The molecule has 1 aliphatic rings. The smallest absolute Gasteiger partial charge is 0.158 e. The Bertz CT molecular complexity index is 638. The van der Waals surface area contributed by atoms with Crippen molar-refractivity contribution in [3.8, 4) is 0 Å². The summed E-state index contributed by atoms with van der Waals surface area (Å²) in [5.74, 6) is 1.45. The van der Waals surface area contributed by atoms with Gasteiger partial charge in [-0.05, 0) is 31.6 Å². The van der Waals surface area contributed by atoms with Crippen molar-refractivity contribution in [3.63, 3.8) is 0 Å². The maximum absolute atomic E-state index is 6.14. The van der Waals surface area contributed by atoms with E-state index in [2.05, 4.69) is 23.5 Å². The van der Waals surface area contributed by atoms with Gasteiger partial charge < -0.3 is 4.57 Å². The lowest BCUT2D eigenvalue weighted by Crippen LogP contribution is -2.26. The van der Waals surface area contributed by atoms with Crippen LogP contribution in [0, 0.1) is 12.3 Å². The zero-order valence-corrected chi connectivity index (χ0v) is 13.5. The summed E-state index contributed by atoms with van der Waals surface area (Å²) >= 11 is 6.14. The van der Waals surface area contributed by atoms with Gasteiger partial charge in [0.15, 0.2) is 5.65 Å². The molecule has 0 bridgehead atoms. The van der Waals surface area contributed by atoms with E-state index < -0.39 is 0 Å². The predicted octanol–water partition coefficient (Wildman–Crippen LogP) is 3.96. The van der Waals surface area contributed by atoms with E-state index in [1.165, 1.54) is 25.7 Å². The molecule has 1 saturated carbocycles. The summed E-state index contributed by atoms with van der Waals surface area (Å²) in [5, 5.41) is 4.51. The number of rotatable bonds is 2. The predicted molar refractivity (Wildman–Crippen MR) is 82.1 cm³/mol. The first-order valence-electron chi connectivity index (χ1n) is 7.39. The highest BCUT2D eigenvalue weighted by molar-refractivity contribution is 6.16. The van der Waals surface area contributed by atoms with Gasteiger partial charge in [0.05, 0.1) is 11.6 Å². The first-order valence-corrected chi connectivity index (χ1v) is 7.93. The van der Waals surface area contributed by atoms with E-state index in [1.807, 2.05) is 18.7 Å². The molecule has 0 saturated heterocycles. The number of hydrogen-bond donors (Lipinski definition) is 0. The van der Waals surface area contributed by atoms with Crippen LogP contribution in [0.5, 0.6) is 0 Å². The maximum Gasteiger partial charge on any atom is 0.158 e. The van der Waals surface area contributed by atoms with Crippen molar-refractivity contribution < 1.29 is 0 Å². The summed E-state index contributed by atoms with van der Waals surface area (Å²) in [5.41, 5.74) is 3.52. The summed E-state index contributed by atoms with van der Waals surface area (Å²) in [7, 11) is 2.00. The minimum absolute atomic E-state index is 0.400. The van der Waals surface area contributed by atoms with Gasteiger partial charge in [0.2, 0.25) is 0 Å². The number of hydrogen-bond acceptors (Lipinski definition) is 2. The van der Waals surface area contributed by atoms with E-state index in [9.17, 15) is 0 Å². The second kappa shape index (κ2) is 4.76. The molecule has 5 heteroatoms. The fraction of sp³-hybridized carbons (Fsp3) is 0.733. The van der Waals surface area contributed by atoms with Gasteiger partial charge in [-0.1, -0.05) is 20.3 Å². The number of alkyl halides is 1. The molecule has 0 radical (unpaired) electrons. The van der Waals surface area contributed by atoms with Crippen molar-refractivity contribution in [1.29, 1.82) is 0 Å². The fourth-order valence-electron chi connectivity index (χ4n) is 3.70. The molecule has 4 nitrogen and oxygen atoms in total. The summed E-state index contributed by atoms with van der Waals surface area (Å²) in [6.07, 6.45) is 4.98. The summed E-state index contributed by atoms with van der Waals surface area (Å²) in [6, 6.07) is 0.493. The third-order valence-corrected chi connectivity index (χ3v) is 4.81. The SMILES string of the molecule is Cc1nn(C)c2c1nc(CCl)n2C1CCCC(C)(C)C1. The average molecular weight is 295 g/mol. The van der Waals surface area contributed by atoms with Crippen molar-refractivity contribution in [2.75, 3.05) is 0 Å². The molecule has 0 amide bonds. The topological polar surface area (TPSA) is 35.6 Å². The van der Waals surface area contributed by atoms with Gasteiger partial charge in [-0.25, -0.2) is 4.98 Å². The number of nitrogens with zero attached hydrogens (tertiary/aromatic N) is 4. The average Bonchev–Trinajstić information content (AvgIpc) is 2.87. The van der Waals surface area contributed by atoms with Crippen LogP contribution < -0.4 is 0 Å². The Morgan fingerprint density at radius 1 is 1.40 bits per heavy atom. The van der Waals surface area contributed by atoms with Crippen LogP contribution in [0.3, 0.4) is 0 Å². The third kappa shape index (κ3) is 2.14. The second-order valence-electron chi connectivity index (χ2n) is 6.83. The molecule has 0 aromatic carbocycles. The molecule has 110 valence electrons. The maximum atomic E-state index is 6.14. The highest BCUT2D eigenvalue weighted by Crippen LogP contribution is 2.42. The molecule has 2 aromatic rings. The van der Waals surface area contributed by atoms with E-state index >= 15 is 0 Å². The van der Waals surface area contributed by atoms with Crippen molar-refractivity contribution in [3.05, 3.63) is 11.5 Å². The molecule has 0 spiro atoms. The van der Waals surface area contributed by atoms with E-state index in [0.717, 1.165) is 22.7 Å². The van der Waals surface area contributed by atoms with Gasteiger partial charge in [-0.2, -0.15) is 5.10 Å². The lowest BCUT2D eigenvalue weighted by molar-refractivity contribution is 0.183. The molecule has 20 heavy (non-hydrogen) atoms. The first kappa shape index (κ1) is 13.9. The lowest BCUT2D eigenvalue weighted by Gasteiger charge is -2.36. The Hall–Kier alpha value is -1.03. The Morgan fingerprint density at radius 3 is 2.80 bits per heavy atom. The highest BCUT2D eigenvalue weighted by Gasteiger charge is 2.32. The van der Waals surface area contributed by atoms with Crippen LogP contribution in [-0.4, -0.2) is 19.3 Å². The molecule has 1 fully saturated rings. The molecule has 0 aliphatic heterocycles. The molecular formula is C15H23ClN4. The van der Waals surface area contributed by atoms with Crippen molar-refractivity contribution >= 4 is 22.8 Å². The van der Waals surface area contributed by atoms with Crippen LogP contribution in [0.1, 0.15) is 57.1 Å². The van der Waals surface area contributed by atoms with Crippen LogP contribution >= 0.6 is 11.6 Å². The van der Waals surface area contributed by atoms with Crippen molar-refractivity contribution in [1.82, 2.24) is 19.3 Å². The second-order valence-corrected chi connectivity index (χ2v) is 7.09. The molecule has 1 aliphatic carbocycles. The van der Waals surface area contributed by atoms with E-state index in [4.69, 9.17) is 16.6 Å². The molecule has 3 rings (SSSR count). The van der Waals surface area contributed by atoms with E-state index in [0.29, 0.717) is 17.3 Å². The molecule has 1 atom stereocenters. The van der Waals surface area contributed by atoms with E-state index in [-0.39, 0.29) is 0 Å². The van der Waals surface area contributed by atoms with Crippen LogP contribution in [0.15, 0.2) is 0 Å². The van der Waals surface area contributed by atoms with Gasteiger partial charge in [0.1, 0.15) is 11.3 Å². The van der Waals surface area contributed by atoms with Crippen LogP contribution in [0.2, 0.25) is 0 Å². The van der Waals surface area contributed by atoms with Gasteiger partial charge in [0.25, 0.3) is 0 Å². The first-order chi connectivity index (χ1) is 9.43. The van der Waals surface area contributed by atoms with Crippen LogP contribution in [-0.2, 0) is 12.9 Å². The van der Waals surface area contributed by atoms with Gasteiger partial charge in [0, 0.05) is 13.1 Å². The van der Waals surface area contributed by atoms with Crippen molar-refractivity contribution in [2.45, 2.75) is 58.4 Å². The Balaban J connectivity index is 2.14. The Labute approximate surface area is 125 Å². The Morgan fingerprint density at radius 2 is 2.15 bits per heavy atom. The lowest BCUT2D eigenvalue weighted by atomic mass is 9.75. The number of aromatic nitrogens is 4. The molecule has 2 heterocycles. The van der Waals surface area contributed by atoms with Crippen LogP contribution in [0.4, 0.5) is 0 Å². The number of fused-ring (bicyclic) bond motifs is 1. The minimum atomic E-state index is 0.400. The van der Waals surface area contributed by atoms with Crippen LogP contribution in [0.25, 0.3) is 11.2 Å². The summed E-state index contributed by atoms with van der Waals surface area (Å²) in [6.45, 7) is 6.74. The van der Waals surface area contributed by atoms with E-state index in [1.54, 1.807) is 0 Å². The largest absolute Gasteiger partial charge is 0.309 e. The number of aryl methyl sites for hydroxylation is 2. The zero-order valence-electron chi connectivity index (χ0n) is 12.8. The molecule has 2 aromatic heterocycles. The third-order valence-electron chi connectivity index (χ3n) is 4.57. The zero-order chi connectivity index (χ0) is 14.5. The van der Waals surface area contributed by atoms with Gasteiger partial charge >= 0.3 is 0 Å². The number of imidazole rings is 1.